The molecule has 17 heavy (non-hydrogen) atoms. The lowest BCUT2D eigenvalue weighted by molar-refractivity contribution is 0.0979. The van der Waals surface area contributed by atoms with E-state index in [9.17, 15) is 9.36 Å². The van der Waals surface area contributed by atoms with Crippen molar-refractivity contribution in [2.75, 3.05) is 0 Å². The maximum Gasteiger partial charge on any atom is 0.192 e. The van der Waals surface area contributed by atoms with Gasteiger partial charge in [-0.15, -0.1) is 0 Å². The normalized spacial score (nSPS) is 14.3. The Morgan fingerprint density at radius 1 is 1.41 bits per heavy atom. The Labute approximate surface area is 110 Å². The van der Waals surface area contributed by atoms with Crippen molar-refractivity contribution < 1.29 is 14.3 Å². The monoisotopic (exact) mass is 318 g/mol. The Balaban J connectivity index is 2.55. The van der Waals surface area contributed by atoms with Crippen LogP contribution >= 0.6 is 24.0 Å². The number of ketones is 1. The third-order valence-corrected chi connectivity index (χ3v) is 4.65. The van der Waals surface area contributed by atoms with Gasteiger partial charge in [-0.05, 0) is 25.0 Å². The fourth-order valence-electron chi connectivity index (χ4n) is 1.59. The average molecular weight is 319 g/mol. The first-order chi connectivity index (χ1) is 8.04. The van der Waals surface area contributed by atoms with Crippen molar-refractivity contribution in [2.45, 2.75) is 31.8 Å². The average Bonchev–Trinajstić information content (AvgIpc) is 2.30. The van der Waals surface area contributed by atoms with Crippen LogP contribution in [0.5, 0.6) is 0 Å². The molecule has 1 N–H and O–H groups in total. The van der Waals surface area contributed by atoms with Crippen molar-refractivity contribution in [2.24, 2.45) is 0 Å². The van der Waals surface area contributed by atoms with Crippen LogP contribution in [0.4, 0.5) is 0 Å². The highest BCUT2D eigenvalue weighted by molar-refractivity contribution is 9.10. The molecule has 0 spiro atoms. The predicted molar refractivity (Wildman–Crippen MR) is 73.0 cm³/mol. The first-order valence-corrected chi connectivity index (χ1v) is 7.78. The van der Waals surface area contributed by atoms with Crippen LogP contribution in [0.15, 0.2) is 28.7 Å². The molecule has 2 atom stereocenters. The molecule has 1 rings (SSSR count). The lowest BCUT2D eigenvalue weighted by atomic mass is 10.0. The zero-order valence-electron chi connectivity index (χ0n) is 9.65. The van der Waals surface area contributed by atoms with Gasteiger partial charge in [-0.2, -0.15) is 0 Å². The van der Waals surface area contributed by atoms with Crippen LogP contribution in [0.25, 0.3) is 0 Å². The van der Waals surface area contributed by atoms with Crippen LogP contribution in [-0.4, -0.2) is 16.3 Å². The molecule has 0 amide bonds. The molecule has 94 valence electrons. The number of carbonyl (C=O) groups is 1. The number of hydrogen-bond acceptors (Lipinski definition) is 2. The molecule has 0 saturated heterocycles. The summed E-state index contributed by atoms with van der Waals surface area (Å²) < 4.78 is 11.9. The standard InChI is InChI=1S/C12H16BrO3P/c1-2-11(17(15)16)7-8-12(14)9-3-5-10(13)6-4-9/h3-6,11,17H,2,7-8H2,1H3,(H,15,16). The summed E-state index contributed by atoms with van der Waals surface area (Å²) in [6, 6.07) is 7.16. The first kappa shape index (κ1) is 14.6. The molecule has 3 nitrogen and oxygen atoms in total. The van der Waals surface area contributed by atoms with Gasteiger partial charge in [0.1, 0.15) is 0 Å². The van der Waals surface area contributed by atoms with Gasteiger partial charge in [-0.1, -0.05) is 35.0 Å². The first-order valence-electron chi connectivity index (χ1n) is 5.56. The van der Waals surface area contributed by atoms with E-state index in [1.54, 1.807) is 12.1 Å². The molecule has 0 aromatic heterocycles. The molecule has 0 radical (unpaired) electrons. The maximum atomic E-state index is 11.8. The van der Waals surface area contributed by atoms with E-state index in [-0.39, 0.29) is 11.4 Å². The molecule has 0 fully saturated rings. The minimum absolute atomic E-state index is 0.0270. The Morgan fingerprint density at radius 3 is 2.47 bits per heavy atom. The molecule has 0 aliphatic heterocycles. The predicted octanol–water partition coefficient (Wildman–Crippen LogP) is 3.66. The van der Waals surface area contributed by atoms with E-state index < -0.39 is 8.03 Å². The van der Waals surface area contributed by atoms with Crippen LogP contribution < -0.4 is 0 Å². The maximum absolute atomic E-state index is 11.8. The van der Waals surface area contributed by atoms with E-state index in [0.717, 1.165) is 4.47 Å². The Morgan fingerprint density at radius 2 is 2.00 bits per heavy atom. The second-order valence-electron chi connectivity index (χ2n) is 3.91. The summed E-state index contributed by atoms with van der Waals surface area (Å²) in [7, 11) is -2.52. The van der Waals surface area contributed by atoms with Gasteiger partial charge in [-0.25, -0.2) is 0 Å². The lowest BCUT2D eigenvalue weighted by Crippen LogP contribution is -2.06. The molecular weight excluding hydrogens is 303 g/mol. The minimum atomic E-state index is -2.52. The number of carbonyl (C=O) groups excluding carboxylic acids is 1. The van der Waals surface area contributed by atoms with Gasteiger partial charge in [0.25, 0.3) is 0 Å². The number of benzene rings is 1. The lowest BCUT2D eigenvalue weighted by Gasteiger charge is -2.09. The third kappa shape index (κ3) is 4.74. The largest absolute Gasteiger partial charge is 0.346 e. The van der Waals surface area contributed by atoms with Gasteiger partial charge in [0, 0.05) is 22.1 Å². The van der Waals surface area contributed by atoms with E-state index >= 15 is 0 Å². The molecule has 1 aromatic carbocycles. The summed E-state index contributed by atoms with van der Waals surface area (Å²) in [5.41, 5.74) is 0.417. The quantitative estimate of drug-likeness (QED) is 0.643. The Bertz CT molecular complexity index is 403. The van der Waals surface area contributed by atoms with Crippen molar-refractivity contribution >= 4 is 29.7 Å². The second kappa shape index (κ2) is 7.10. The third-order valence-electron chi connectivity index (χ3n) is 2.73. The summed E-state index contributed by atoms with van der Waals surface area (Å²) in [6.45, 7) is 1.87. The molecule has 0 aliphatic rings. The zero-order valence-corrected chi connectivity index (χ0v) is 12.2. The topological polar surface area (TPSA) is 54.4 Å². The molecule has 0 heterocycles. The summed E-state index contributed by atoms with van der Waals surface area (Å²) in [6.07, 6.45) is 1.46. The number of Topliss-reactive ketones (excluding diaryl/α,β-unsaturated/α-hetero) is 1. The van der Waals surface area contributed by atoms with Gasteiger partial charge in [0.15, 0.2) is 13.8 Å². The highest BCUT2D eigenvalue weighted by Gasteiger charge is 2.14. The Kier molecular flexibility index (Phi) is 6.10. The van der Waals surface area contributed by atoms with Crippen molar-refractivity contribution in [1.29, 1.82) is 0 Å². The van der Waals surface area contributed by atoms with E-state index in [1.807, 2.05) is 19.1 Å². The van der Waals surface area contributed by atoms with Gasteiger partial charge in [0.2, 0.25) is 0 Å². The van der Waals surface area contributed by atoms with E-state index in [0.29, 0.717) is 24.8 Å². The van der Waals surface area contributed by atoms with Crippen LogP contribution in [0.2, 0.25) is 0 Å². The van der Waals surface area contributed by atoms with E-state index in [2.05, 4.69) is 15.9 Å². The highest BCUT2D eigenvalue weighted by Crippen LogP contribution is 2.29. The van der Waals surface area contributed by atoms with Gasteiger partial charge in [-0.3, -0.25) is 9.36 Å². The zero-order chi connectivity index (χ0) is 12.8. The number of halogens is 1. The van der Waals surface area contributed by atoms with Crippen molar-refractivity contribution in [3.05, 3.63) is 34.3 Å². The molecule has 2 unspecified atom stereocenters. The van der Waals surface area contributed by atoms with Crippen LogP contribution in [0.3, 0.4) is 0 Å². The van der Waals surface area contributed by atoms with E-state index in [1.165, 1.54) is 0 Å². The van der Waals surface area contributed by atoms with Gasteiger partial charge in [0.05, 0.1) is 0 Å². The molecule has 1 aromatic rings. The highest BCUT2D eigenvalue weighted by atomic mass is 79.9. The second-order valence-corrected chi connectivity index (χ2v) is 6.32. The SMILES string of the molecule is CCC(CCC(=O)c1ccc(Br)cc1)[PH](=O)O. The Hall–Kier alpha value is -0.440. The van der Waals surface area contributed by atoms with Gasteiger partial charge >= 0.3 is 0 Å². The number of hydrogen-bond donors (Lipinski definition) is 1. The van der Waals surface area contributed by atoms with Crippen molar-refractivity contribution in [1.82, 2.24) is 0 Å². The number of rotatable bonds is 6. The molecular formula is C12H16BrO3P. The molecule has 5 heteroatoms. The van der Waals surface area contributed by atoms with Crippen LogP contribution in [0, 0.1) is 0 Å². The fraction of sp³-hybridized carbons (Fsp3) is 0.417. The smallest absolute Gasteiger partial charge is 0.192 e. The summed E-state index contributed by atoms with van der Waals surface area (Å²) in [5, 5.41) is 0. The van der Waals surface area contributed by atoms with E-state index in [4.69, 9.17) is 4.89 Å². The fourth-order valence-corrected chi connectivity index (χ4v) is 2.59. The summed E-state index contributed by atoms with van der Waals surface area (Å²) >= 11 is 3.31. The van der Waals surface area contributed by atoms with Crippen molar-refractivity contribution in [3.8, 4) is 0 Å². The minimum Gasteiger partial charge on any atom is -0.346 e. The van der Waals surface area contributed by atoms with Gasteiger partial charge < -0.3 is 4.89 Å². The van der Waals surface area contributed by atoms with Crippen LogP contribution in [0.1, 0.15) is 36.5 Å². The molecule has 0 aliphatic carbocycles. The summed E-state index contributed by atoms with van der Waals surface area (Å²) in [5.74, 6) is 0.0270. The van der Waals surface area contributed by atoms with Crippen molar-refractivity contribution in [3.63, 3.8) is 0 Å². The molecule has 0 bridgehead atoms. The molecule has 0 saturated carbocycles. The summed E-state index contributed by atoms with van der Waals surface area (Å²) in [4.78, 5) is 20.9. The van der Waals surface area contributed by atoms with Crippen LogP contribution in [-0.2, 0) is 4.57 Å².